The van der Waals surface area contributed by atoms with Crippen molar-refractivity contribution in [1.82, 2.24) is 10.3 Å². The van der Waals surface area contributed by atoms with Gasteiger partial charge < -0.3 is 10.1 Å². The number of nitriles is 1. The van der Waals surface area contributed by atoms with Gasteiger partial charge in [-0.25, -0.2) is 4.98 Å². The lowest BCUT2D eigenvalue weighted by molar-refractivity contribution is 0.132. The summed E-state index contributed by atoms with van der Waals surface area (Å²) in [6.45, 7) is 0. The second-order valence-corrected chi connectivity index (χ2v) is 6.40. The molecular weight excluding hydrogens is 286 g/mol. The predicted molar refractivity (Wildman–Crippen MR) is 88.0 cm³/mol. The molecule has 4 rings (SSSR count). The summed E-state index contributed by atoms with van der Waals surface area (Å²) in [6, 6.07) is 16.7. The fourth-order valence-corrected chi connectivity index (χ4v) is 3.63. The van der Waals surface area contributed by atoms with Gasteiger partial charge in [-0.2, -0.15) is 5.26 Å². The number of nitrogens with one attached hydrogen (secondary N) is 1. The molecule has 0 amide bonds. The SMILES string of the molecule is N#Cc1ccc(-c2cccc(OC3C[C@H]4CC[C@@H](C3)N4)n2)cc1. The van der Waals surface area contributed by atoms with E-state index in [9.17, 15) is 0 Å². The van der Waals surface area contributed by atoms with Crippen molar-refractivity contribution in [2.75, 3.05) is 0 Å². The molecule has 2 aliphatic rings. The van der Waals surface area contributed by atoms with Crippen LogP contribution in [0.1, 0.15) is 31.2 Å². The molecule has 4 nitrogen and oxygen atoms in total. The number of fused-ring (bicyclic) bond motifs is 2. The minimum Gasteiger partial charge on any atom is -0.474 e. The summed E-state index contributed by atoms with van der Waals surface area (Å²) in [5, 5.41) is 12.5. The second kappa shape index (κ2) is 6.02. The zero-order valence-electron chi connectivity index (χ0n) is 12.9. The number of piperidine rings is 1. The maximum absolute atomic E-state index is 8.88. The zero-order valence-corrected chi connectivity index (χ0v) is 12.9. The first-order valence-electron chi connectivity index (χ1n) is 8.20. The summed E-state index contributed by atoms with van der Waals surface area (Å²) in [6.07, 6.45) is 4.93. The molecule has 4 heteroatoms. The van der Waals surface area contributed by atoms with Crippen LogP contribution in [-0.4, -0.2) is 23.2 Å². The van der Waals surface area contributed by atoms with Crippen LogP contribution in [0.5, 0.6) is 5.88 Å². The molecule has 1 aromatic heterocycles. The van der Waals surface area contributed by atoms with Gasteiger partial charge in [0.2, 0.25) is 5.88 Å². The lowest BCUT2D eigenvalue weighted by Crippen LogP contribution is -2.42. The van der Waals surface area contributed by atoms with E-state index in [1.165, 1.54) is 12.8 Å². The van der Waals surface area contributed by atoms with Crippen LogP contribution in [0.3, 0.4) is 0 Å². The molecule has 2 aromatic rings. The first kappa shape index (κ1) is 14.2. The number of hydrogen-bond donors (Lipinski definition) is 1. The highest BCUT2D eigenvalue weighted by Gasteiger charge is 2.34. The van der Waals surface area contributed by atoms with E-state index in [1.807, 2.05) is 42.5 Å². The molecule has 1 N–H and O–H groups in total. The molecule has 0 radical (unpaired) electrons. The van der Waals surface area contributed by atoms with Crippen LogP contribution in [0, 0.1) is 11.3 Å². The minimum atomic E-state index is 0.262. The Labute approximate surface area is 136 Å². The van der Waals surface area contributed by atoms with Crippen molar-refractivity contribution in [3.8, 4) is 23.2 Å². The summed E-state index contributed by atoms with van der Waals surface area (Å²) in [7, 11) is 0. The Kier molecular flexibility index (Phi) is 3.72. The van der Waals surface area contributed by atoms with Crippen molar-refractivity contribution < 1.29 is 4.74 Å². The Hall–Kier alpha value is -2.38. The quantitative estimate of drug-likeness (QED) is 0.945. The van der Waals surface area contributed by atoms with Crippen LogP contribution in [0.4, 0.5) is 0 Å². The van der Waals surface area contributed by atoms with Crippen LogP contribution in [0.25, 0.3) is 11.3 Å². The largest absolute Gasteiger partial charge is 0.474 e. The first-order chi connectivity index (χ1) is 11.3. The van der Waals surface area contributed by atoms with Crippen molar-refractivity contribution in [2.45, 2.75) is 43.9 Å². The van der Waals surface area contributed by atoms with E-state index in [-0.39, 0.29) is 6.10 Å². The molecule has 1 unspecified atom stereocenters. The highest BCUT2D eigenvalue weighted by atomic mass is 16.5. The summed E-state index contributed by atoms with van der Waals surface area (Å²) < 4.78 is 6.14. The molecule has 0 aliphatic carbocycles. The molecule has 23 heavy (non-hydrogen) atoms. The Bertz CT molecular complexity index is 723. The zero-order chi connectivity index (χ0) is 15.6. The average Bonchev–Trinajstić information content (AvgIpc) is 2.94. The number of nitrogens with zero attached hydrogens (tertiary/aromatic N) is 2. The third-order valence-electron chi connectivity index (χ3n) is 4.75. The average molecular weight is 305 g/mol. The van der Waals surface area contributed by atoms with Gasteiger partial charge in [0.15, 0.2) is 0 Å². The maximum atomic E-state index is 8.88. The molecule has 0 spiro atoms. The third kappa shape index (κ3) is 3.06. The molecule has 1 aromatic carbocycles. The number of hydrogen-bond acceptors (Lipinski definition) is 4. The summed E-state index contributed by atoms with van der Waals surface area (Å²) >= 11 is 0. The molecule has 0 saturated carbocycles. The van der Waals surface area contributed by atoms with Crippen LogP contribution >= 0.6 is 0 Å². The summed E-state index contributed by atoms with van der Waals surface area (Å²) in [4.78, 5) is 4.64. The Balaban J connectivity index is 1.50. The number of pyridine rings is 1. The highest BCUT2D eigenvalue weighted by molar-refractivity contribution is 5.60. The van der Waals surface area contributed by atoms with E-state index in [2.05, 4.69) is 16.4 Å². The topological polar surface area (TPSA) is 57.9 Å². The molecule has 2 saturated heterocycles. The van der Waals surface area contributed by atoms with Crippen molar-refractivity contribution in [1.29, 1.82) is 5.26 Å². The first-order valence-corrected chi connectivity index (χ1v) is 8.20. The molecule has 116 valence electrons. The van der Waals surface area contributed by atoms with Gasteiger partial charge in [0, 0.05) is 23.7 Å². The van der Waals surface area contributed by atoms with Crippen molar-refractivity contribution in [3.63, 3.8) is 0 Å². The van der Waals surface area contributed by atoms with Crippen molar-refractivity contribution >= 4 is 0 Å². The van der Waals surface area contributed by atoms with Crippen LogP contribution in [-0.2, 0) is 0 Å². The maximum Gasteiger partial charge on any atom is 0.214 e. The number of ether oxygens (including phenoxy) is 1. The van der Waals surface area contributed by atoms with Gasteiger partial charge in [-0.05, 0) is 43.9 Å². The Morgan fingerprint density at radius 2 is 1.78 bits per heavy atom. The van der Waals surface area contributed by atoms with E-state index >= 15 is 0 Å². The third-order valence-corrected chi connectivity index (χ3v) is 4.75. The van der Waals surface area contributed by atoms with Gasteiger partial charge >= 0.3 is 0 Å². The lowest BCUT2D eigenvalue weighted by Gasteiger charge is -2.29. The van der Waals surface area contributed by atoms with E-state index in [0.717, 1.165) is 24.1 Å². The second-order valence-electron chi connectivity index (χ2n) is 6.40. The molecule has 2 aliphatic heterocycles. The lowest BCUT2D eigenvalue weighted by atomic mass is 10.0. The van der Waals surface area contributed by atoms with Crippen LogP contribution in [0.2, 0.25) is 0 Å². The smallest absolute Gasteiger partial charge is 0.214 e. The normalized spacial score (nSPS) is 25.8. The number of benzene rings is 1. The number of aromatic nitrogens is 1. The Morgan fingerprint density at radius 3 is 2.48 bits per heavy atom. The van der Waals surface area contributed by atoms with Crippen LogP contribution in [0.15, 0.2) is 42.5 Å². The van der Waals surface area contributed by atoms with E-state index in [4.69, 9.17) is 10.00 Å². The minimum absolute atomic E-state index is 0.262. The van der Waals surface area contributed by atoms with Gasteiger partial charge in [0.05, 0.1) is 17.3 Å². The molecule has 2 bridgehead atoms. The highest BCUT2D eigenvalue weighted by Crippen LogP contribution is 2.29. The van der Waals surface area contributed by atoms with Crippen LogP contribution < -0.4 is 10.1 Å². The predicted octanol–water partition coefficient (Wildman–Crippen LogP) is 3.28. The van der Waals surface area contributed by atoms with Crippen molar-refractivity contribution in [2.24, 2.45) is 0 Å². The summed E-state index contributed by atoms with van der Waals surface area (Å²) in [5.74, 6) is 0.693. The fourth-order valence-electron chi connectivity index (χ4n) is 3.63. The van der Waals surface area contributed by atoms with Gasteiger partial charge in [-0.1, -0.05) is 18.2 Å². The monoisotopic (exact) mass is 305 g/mol. The standard InChI is InChI=1S/C19H19N3O/c20-12-13-4-6-14(7-5-13)18-2-1-3-19(22-18)23-17-10-15-8-9-16(11-17)21-15/h1-7,15-17,21H,8-11H2/t15-,16+,17?. The van der Waals surface area contributed by atoms with E-state index in [1.54, 1.807) is 0 Å². The van der Waals surface area contributed by atoms with Gasteiger partial charge in [-0.3, -0.25) is 0 Å². The van der Waals surface area contributed by atoms with Gasteiger partial charge in [0.1, 0.15) is 6.10 Å². The van der Waals surface area contributed by atoms with Gasteiger partial charge in [-0.15, -0.1) is 0 Å². The number of rotatable bonds is 3. The van der Waals surface area contributed by atoms with Gasteiger partial charge in [0.25, 0.3) is 0 Å². The van der Waals surface area contributed by atoms with Crippen molar-refractivity contribution in [3.05, 3.63) is 48.0 Å². The molecule has 3 atom stereocenters. The summed E-state index contributed by atoms with van der Waals surface area (Å²) in [5.41, 5.74) is 2.54. The van der Waals surface area contributed by atoms with E-state index < -0.39 is 0 Å². The molecule has 2 fully saturated rings. The molecular formula is C19H19N3O. The fraction of sp³-hybridized carbons (Fsp3) is 0.368. The molecule has 3 heterocycles. The Morgan fingerprint density at radius 1 is 1.04 bits per heavy atom. The van der Waals surface area contributed by atoms with E-state index in [0.29, 0.717) is 23.5 Å².